The molecule has 104 valence electrons. The molecule has 0 aliphatic carbocycles. The number of Topliss-reactive ketones (excluding diaryl/α,β-unsaturated/α-hetero) is 1. The van der Waals surface area contributed by atoms with Crippen LogP contribution in [0.1, 0.15) is 10.4 Å². The zero-order chi connectivity index (χ0) is 15.2. The standard InChI is InChI=1S/C15H9ClFN3O/c16-11-3-1-10(2-4-11)15(21)14(9-18)20-19-13-7-5-12(17)6-8-13/h1-8,19H/b20-14+. The molecule has 0 aliphatic rings. The van der Waals surface area contributed by atoms with Crippen molar-refractivity contribution in [3.63, 3.8) is 0 Å². The zero-order valence-electron chi connectivity index (χ0n) is 10.7. The van der Waals surface area contributed by atoms with Crippen LogP contribution in [0.4, 0.5) is 10.1 Å². The average molecular weight is 302 g/mol. The first-order valence-electron chi connectivity index (χ1n) is 5.90. The quantitative estimate of drug-likeness (QED) is 0.532. The number of carbonyl (C=O) groups excluding carboxylic acids is 1. The van der Waals surface area contributed by atoms with Gasteiger partial charge in [0.1, 0.15) is 11.9 Å². The van der Waals surface area contributed by atoms with Crippen LogP contribution >= 0.6 is 11.6 Å². The monoisotopic (exact) mass is 301 g/mol. The van der Waals surface area contributed by atoms with Gasteiger partial charge in [0.25, 0.3) is 0 Å². The Balaban J connectivity index is 2.17. The van der Waals surface area contributed by atoms with Crippen LogP contribution in [-0.2, 0) is 0 Å². The fourth-order valence-corrected chi connectivity index (χ4v) is 1.64. The van der Waals surface area contributed by atoms with Crippen molar-refractivity contribution in [3.8, 4) is 6.07 Å². The van der Waals surface area contributed by atoms with Gasteiger partial charge in [-0.3, -0.25) is 10.2 Å². The van der Waals surface area contributed by atoms with Crippen LogP contribution in [0.2, 0.25) is 5.02 Å². The molecule has 0 aromatic heterocycles. The van der Waals surface area contributed by atoms with Crippen molar-refractivity contribution in [2.45, 2.75) is 0 Å². The summed E-state index contributed by atoms with van der Waals surface area (Å²) >= 11 is 5.73. The normalized spacial score (nSPS) is 10.8. The number of rotatable bonds is 4. The molecule has 21 heavy (non-hydrogen) atoms. The Morgan fingerprint density at radius 1 is 1.14 bits per heavy atom. The molecule has 0 fully saturated rings. The molecular formula is C15H9ClFN3O. The fraction of sp³-hybridized carbons (Fsp3) is 0. The number of hydrazone groups is 1. The summed E-state index contributed by atoms with van der Waals surface area (Å²) in [5.74, 6) is -0.911. The van der Waals surface area contributed by atoms with Gasteiger partial charge in [-0.2, -0.15) is 10.4 Å². The highest BCUT2D eigenvalue weighted by Crippen LogP contribution is 2.11. The Morgan fingerprint density at radius 2 is 1.76 bits per heavy atom. The zero-order valence-corrected chi connectivity index (χ0v) is 11.4. The summed E-state index contributed by atoms with van der Waals surface area (Å²) in [6.07, 6.45) is 0. The second-order valence-corrected chi connectivity index (χ2v) is 4.46. The largest absolute Gasteiger partial charge is 0.286 e. The third-order valence-electron chi connectivity index (χ3n) is 2.57. The molecular weight excluding hydrogens is 293 g/mol. The Hall–Kier alpha value is -2.71. The minimum absolute atomic E-state index is 0.304. The third-order valence-corrected chi connectivity index (χ3v) is 2.82. The van der Waals surface area contributed by atoms with Crippen LogP contribution < -0.4 is 5.43 Å². The summed E-state index contributed by atoms with van der Waals surface area (Å²) in [6, 6.07) is 13.2. The number of hydrogen-bond acceptors (Lipinski definition) is 4. The van der Waals surface area contributed by atoms with E-state index in [1.54, 1.807) is 18.2 Å². The Kier molecular flexibility index (Phi) is 4.64. The molecule has 0 spiro atoms. The molecule has 1 N–H and O–H groups in total. The Morgan fingerprint density at radius 3 is 2.33 bits per heavy atom. The van der Waals surface area contributed by atoms with Gasteiger partial charge in [-0.1, -0.05) is 11.6 Å². The van der Waals surface area contributed by atoms with Crippen molar-refractivity contribution in [1.29, 1.82) is 5.26 Å². The summed E-state index contributed by atoms with van der Waals surface area (Å²) in [7, 11) is 0. The molecule has 0 heterocycles. The molecule has 0 bridgehead atoms. The summed E-state index contributed by atoms with van der Waals surface area (Å²) in [5.41, 5.74) is 3.00. The number of nitriles is 1. The summed E-state index contributed by atoms with van der Waals surface area (Å²) in [4.78, 5) is 12.1. The van der Waals surface area contributed by atoms with Gasteiger partial charge < -0.3 is 0 Å². The van der Waals surface area contributed by atoms with E-state index in [9.17, 15) is 9.18 Å². The average Bonchev–Trinajstić information content (AvgIpc) is 2.50. The van der Waals surface area contributed by atoms with Crippen LogP contribution in [-0.4, -0.2) is 11.5 Å². The number of carbonyl (C=O) groups is 1. The van der Waals surface area contributed by atoms with E-state index in [4.69, 9.17) is 16.9 Å². The highest BCUT2D eigenvalue weighted by molar-refractivity contribution is 6.51. The van der Waals surface area contributed by atoms with Gasteiger partial charge in [-0.25, -0.2) is 4.39 Å². The minimum atomic E-state index is -0.524. The first-order valence-corrected chi connectivity index (χ1v) is 6.27. The third kappa shape index (κ3) is 3.88. The van der Waals surface area contributed by atoms with Gasteiger partial charge in [0, 0.05) is 10.6 Å². The van der Waals surface area contributed by atoms with E-state index in [0.29, 0.717) is 16.3 Å². The molecule has 0 saturated heterocycles. The van der Waals surface area contributed by atoms with Gasteiger partial charge in [0.15, 0.2) is 0 Å². The molecule has 6 heteroatoms. The van der Waals surface area contributed by atoms with E-state index < -0.39 is 5.78 Å². The second-order valence-electron chi connectivity index (χ2n) is 4.03. The maximum Gasteiger partial charge on any atom is 0.223 e. The molecule has 0 radical (unpaired) electrons. The van der Waals surface area contributed by atoms with Crippen LogP contribution in [0.25, 0.3) is 0 Å². The van der Waals surface area contributed by atoms with Gasteiger partial charge in [0.2, 0.25) is 11.5 Å². The maximum absolute atomic E-state index is 12.8. The van der Waals surface area contributed by atoms with E-state index in [-0.39, 0.29) is 11.5 Å². The van der Waals surface area contributed by atoms with Crippen LogP contribution in [0.5, 0.6) is 0 Å². The van der Waals surface area contributed by atoms with Crippen molar-refractivity contribution >= 4 is 28.8 Å². The van der Waals surface area contributed by atoms with E-state index in [0.717, 1.165) is 0 Å². The Labute approximate surface area is 125 Å². The molecule has 0 atom stereocenters. The van der Waals surface area contributed by atoms with E-state index in [2.05, 4.69) is 10.5 Å². The lowest BCUT2D eigenvalue weighted by Crippen LogP contribution is -2.14. The van der Waals surface area contributed by atoms with Crippen LogP contribution in [0.15, 0.2) is 53.6 Å². The number of ketones is 1. The number of anilines is 1. The van der Waals surface area contributed by atoms with Crippen molar-refractivity contribution in [2.75, 3.05) is 5.43 Å². The summed E-state index contributed by atoms with van der Waals surface area (Å²) in [5, 5.41) is 13.2. The fourth-order valence-electron chi connectivity index (χ4n) is 1.51. The molecule has 2 aromatic rings. The number of benzene rings is 2. The molecule has 4 nitrogen and oxygen atoms in total. The predicted molar refractivity (Wildman–Crippen MR) is 78.9 cm³/mol. The first kappa shape index (κ1) is 14.7. The molecule has 0 aliphatic heterocycles. The van der Waals surface area contributed by atoms with Crippen LogP contribution in [0, 0.1) is 17.1 Å². The van der Waals surface area contributed by atoms with Gasteiger partial charge in [-0.15, -0.1) is 0 Å². The second kappa shape index (κ2) is 6.64. The smallest absolute Gasteiger partial charge is 0.223 e. The Bertz CT molecular complexity index is 718. The molecule has 0 unspecified atom stereocenters. The summed E-state index contributed by atoms with van der Waals surface area (Å²) in [6.45, 7) is 0. The van der Waals surface area contributed by atoms with Gasteiger partial charge in [-0.05, 0) is 48.5 Å². The number of hydrogen-bond donors (Lipinski definition) is 1. The number of nitrogens with one attached hydrogen (secondary N) is 1. The van der Waals surface area contributed by atoms with E-state index in [1.807, 2.05) is 0 Å². The van der Waals surface area contributed by atoms with Crippen molar-refractivity contribution < 1.29 is 9.18 Å². The van der Waals surface area contributed by atoms with Crippen molar-refractivity contribution in [3.05, 3.63) is 64.9 Å². The topological polar surface area (TPSA) is 65.2 Å². The maximum atomic E-state index is 12.8. The van der Waals surface area contributed by atoms with E-state index in [1.165, 1.54) is 36.4 Å². The molecule has 2 aromatic carbocycles. The van der Waals surface area contributed by atoms with Crippen molar-refractivity contribution in [1.82, 2.24) is 0 Å². The highest BCUT2D eigenvalue weighted by Gasteiger charge is 2.13. The molecule has 0 amide bonds. The number of halogens is 2. The molecule has 2 rings (SSSR count). The molecule has 0 saturated carbocycles. The highest BCUT2D eigenvalue weighted by atomic mass is 35.5. The first-order chi connectivity index (χ1) is 10.1. The van der Waals surface area contributed by atoms with Crippen molar-refractivity contribution in [2.24, 2.45) is 5.10 Å². The van der Waals surface area contributed by atoms with E-state index >= 15 is 0 Å². The lowest BCUT2D eigenvalue weighted by molar-refractivity contribution is 0.106. The predicted octanol–water partition coefficient (Wildman–Crippen LogP) is 3.65. The lowest BCUT2D eigenvalue weighted by atomic mass is 10.1. The SMILES string of the molecule is N#C/C(=N\Nc1ccc(F)cc1)C(=O)c1ccc(Cl)cc1. The summed E-state index contributed by atoms with van der Waals surface area (Å²) < 4.78 is 12.8. The van der Waals surface area contributed by atoms with Gasteiger partial charge >= 0.3 is 0 Å². The lowest BCUT2D eigenvalue weighted by Gasteiger charge is -2.02. The minimum Gasteiger partial charge on any atom is -0.286 e. The van der Waals surface area contributed by atoms with Gasteiger partial charge in [0.05, 0.1) is 5.69 Å². The van der Waals surface area contributed by atoms with Crippen LogP contribution in [0.3, 0.4) is 0 Å². The number of nitrogens with zero attached hydrogens (tertiary/aromatic N) is 2.